The molecule has 1 amide bonds. The largest absolute Gasteiger partial charge is 0.486 e. The van der Waals surface area contributed by atoms with Gasteiger partial charge in [-0.05, 0) is 39.5 Å². The summed E-state index contributed by atoms with van der Waals surface area (Å²) in [5.41, 5.74) is 1.28. The number of anilines is 1. The predicted octanol–water partition coefficient (Wildman–Crippen LogP) is 4.63. The van der Waals surface area contributed by atoms with Crippen LogP contribution < -0.4 is 14.8 Å². The molecule has 0 bridgehead atoms. The summed E-state index contributed by atoms with van der Waals surface area (Å²) in [6.07, 6.45) is 0. The summed E-state index contributed by atoms with van der Waals surface area (Å²) in [5.74, 6) is 1.04. The number of rotatable bonds is 2. The quantitative estimate of drug-likeness (QED) is 0.701. The van der Waals surface area contributed by atoms with Gasteiger partial charge < -0.3 is 14.8 Å². The highest BCUT2D eigenvalue weighted by Gasteiger charge is 2.19. The van der Waals surface area contributed by atoms with Gasteiger partial charge in [-0.15, -0.1) is 0 Å². The number of hydrogen-bond donors (Lipinski definition) is 1. The third kappa shape index (κ3) is 2.71. The molecule has 4 rings (SSSR count). The van der Waals surface area contributed by atoms with Crippen molar-refractivity contribution in [3.63, 3.8) is 0 Å². The number of nitrogens with one attached hydrogen (secondary N) is 1. The average molecular weight is 384 g/mol. The zero-order valence-corrected chi connectivity index (χ0v) is 14.3. The number of ether oxygens (including phenoxy) is 2. The monoisotopic (exact) mass is 383 g/mol. The fraction of sp³-hybridized carbons (Fsp3) is 0.105. The second-order valence-electron chi connectivity index (χ2n) is 5.46. The van der Waals surface area contributed by atoms with Gasteiger partial charge in [0.05, 0.1) is 5.56 Å². The van der Waals surface area contributed by atoms with Gasteiger partial charge in [-0.3, -0.25) is 4.79 Å². The average Bonchev–Trinajstić information content (AvgIpc) is 2.61. The van der Waals surface area contributed by atoms with Crippen molar-refractivity contribution < 1.29 is 14.3 Å². The zero-order chi connectivity index (χ0) is 16.5. The highest BCUT2D eigenvalue weighted by Crippen LogP contribution is 2.36. The van der Waals surface area contributed by atoms with E-state index in [1.807, 2.05) is 42.5 Å². The Morgan fingerprint density at radius 1 is 0.958 bits per heavy atom. The second-order valence-corrected chi connectivity index (χ2v) is 6.31. The Kier molecular flexibility index (Phi) is 3.86. The molecule has 1 heterocycles. The molecule has 5 heteroatoms. The molecule has 3 aromatic carbocycles. The molecule has 0 aliphatic carbocycles. The van der Waals surface area contributed by atoms with Gasteiger partial charge in [0, 0.05) is 15.5 Å². The summed E-state index contributed by atoms with van der Waals surface area (Å²) in [6, 6.07) is 17.3. The lowest BCUT2D eigenvalue weighted by molar-refractivity contribution is 0.102. The van der Waals surface area contributed by atoms with E-state index in [0.29, 0.717) is 34.7 Å². The molecule has 0 spiro atoms. The van der Waals surface area contributed by atoms with E-state index in [0.717, 1.165) is 16.5 Å². The van der Waals surface area contributed by atoms with Crippen LogP contribution in [0.3, 0.4) is 0 Å². The lowest BCUT2D eigenvalue weighted by Crippen LogP contribution is -2.18. The molecule has 3 aromatic rings. The van der Waals surface area contributed by atoms with Crippen LogP contribution in [0.5, 0.6) is 11.5 Å². The molecule has 4 nitrogen and oxygen atoms in total. The Hall–Kier alpha value is -2.53. The van der Waals surface area contributed by atoms with Gasteiger partial charge in [0.2, 0.25) is 0 Å². The Morgan fingerprint density at radius 3 is 2.50 bits per heavy atom. The summed E-state index contributed by atoms with van der Waals surface area (Å²) in [6.45, 7) is 1.00. The molecule has 24 heavy (non-hydrogen) atoms. The molecular weight excluding hydrogens is 370 g/mol. The van der Waals surface area contributed by atoms with E-state index in [4.69, 9.17) is 9.47 Å². The molecule has 0 saturated carbocycles. The molecule has 1 N–H and O–H groups in total. The van der Waals surface area contributed by atoms with Gasteiger partial charge in [-0.25, -0.2) is 0 Å². The number of halogens is 1. The van der Waals surface area contributed by atoms with E-state index >= 15 is 0 Å². The van der Waals surface area contributed by atoms with E-state index in [2.05, 4.69) is 21.2 Å². The topological polar surface area (TPSA) is 47.6 Å². The Bertz CT molecular complexity index is 934. The summed E-state index contributed by atoms with van der Waals surface area (Å²) >= 11 is 3.44. The lowest BCUT2D eigenvalue weighted by Gasteiger charge is -2.19. The Balaban J connectivity index is 1.69. The van der Waals surface area contributed by atoms with Crippen molar-refractivity contribution >= 4 is 38.3 Å². The van der Waals surface area contributed by atoms with Crippen LogP contribution in [0.4, 0.5) is 5.69 Å². The van der Waals surface area contributed by atoms with Gasteiger partial charge in [0.25, 0.3) is 5.91 Å². The van der Waals surface area contributed by atoms with Crippen molar-refractivity contribution in [2.24, 2.45) is 0 Å². The molecule has 0 fully saturated rings. The van der Waals surface area contributed by atoms with Crippen LogP contribution in [0, 0.1) is 0 Å². The number of hydrogen-bond acceptors (Lipinski definition) is 3. The first-order valence-electron chi connectivity index (χ1n) is 7.60. The molecule has 0 unspecified atom stereocenters. The standard InChI is InChI=1S/C19H14BrNO3/c20-15-11-18-17(23-8-9-24-18)10-14(15)19(22)21-16-7-3-5-12-4-1-2-6-13(12)16/h1-7,10-11H,8-9H2,(H,21,22). The van der Waals surface area contributed by atoms with Gasteiger partial charge in [-0.1, -0.05) is 36.4 Å². The third-order valence-corrected chi connectivity index (χ3v) is 4.57. The first-order valence-corrected chi connectivity index (χ1v) is 8.40. The normalized spacial score (nSPS) is 12.9. The van der Waals surface area contributed by atoms with E-state index in [-0.39, 0.29) is 5.91 Å². The summed E-state index contributed by atoms with van der Waals surface area (Å²) in [4.78, 5) is 12.7. The molecule has 1 aliphatic rings. The first kappa shape index (κ1) is 15.0. The molecular formula is C19H14BrNO3. The predicted molar refractivity (Wildman–Crippen MR) is 97.0 cm³/mol. The Labute approximate surface area is 147 Å². The first-order chi connectivity index (χ1) is 11.7. The van der Waals surface area contributed by atoms with Crippen molar-refractivity contribution in [2.75, 3.05) is 18.5 Å². The van der Waals surface area contributed by atoms with E-state index in [1.54, 1.807) is 12.1 Å². The summed E-state index contributed by atoms with van der Waals surface area (Å²) < 4.78 is 11.8. The van der Waals surface area contributed by atoms with Gasteiger partial charge >= 0.3 is 0 Å². The summed E-state index contributed by atoms with van der Waals surface area (Å²) in [5, 5.41) is 5.07. The number of carbonyl (C=O) groups is 1. The number of amides is 1. The van der Waals surface area contributed by atoms with Crippen LogP contribution >= 0.6 is 15.9 Å². The minimum atomic E-state index is -0.199. The maximum Gasteiger partial charge on any atom is 0.256 e. The van der Waals surface area contributed by atoms with Crippen LogP contribution in [0.25, 0.3) is 10.8 Å². The van der Waals surface area contributed by atoms with Crippen LogP contribution in [-0.2, 0) is 0 Å². The number of carbonyl (C=O) groups excluding carboxylic acids is 1. The maximum absolute atomic E-state index is 12.7. The van der Waals surface area contributed by atoms with Crippen molar-refractivity contribution in [1.82, 2.24) is 0 Å². The third-order valence-electron chi connectivity index (χ3n) is 3.91. The lowest BCUT2D eigenvalue weighted by atomic mass is 10.1. The highest BCUT2D eigenvalue weighted by atomic mass is 79.9. The van der Waals surface area contributed by atoms with Crippen LogP contribution in [-0.4, -0.2) is 19.1 Å². The van der Waals surface area contributed by atoms with Crippen molar-refractivity contribution in [3.8, 4) is 11.5 Å². The highest BCUT2D eigenvalue weighted by molar-refractivity contribution is 9.10. The van der Waals surface area contributed by atoms with Crippen molar-refractivity contribution in [3.05, 3.63) is 64.6 Å². The van der Waals surface area contributed by atoms with Gasteiger partial charge in [0.15, 0.2) is 11.5 Å². The van der Waals surface area contributed by atoms with E-state index in [9.17, 15) is 4.79 Å². The minimum absolute atomic E-state index is 0.199. The molecule has 0 saturated heterocycles. The SMILES string of the molecule is O=C(Nc1cccc2ccccc12)c1cc2c(cc1Br)OCCO2. The molecule has 0 aromatic heterocycles. The smallest absolute Gasteiger partial charge is 0.256 e. The second kappa shape index (κ2) is 6.17. The van der Waals surface area contributed by atoms with Crippen LogP contribution in [0.15, 0.2) is 59.1 Å². The van der Waals surface area contributed by atoms with Crippen molar-refractivity contribution in [2.45, 2.75) is 0 Å². The number of fused-ring (bicyclic) bond motifs is 2. The molecule has 1 aliphatic heterocycles. The number of benzene rings is 3. The fourth-order valence-electron chi connectivity index (χ4n) is 2.76. The fourth-order valence-corrected chi connectivity index (χ4v) is 3.26. The van der Waals surface area contributed by atoms with Crippen molar-refractivity contribution in [1.29, 1.82) is 0 Å². The minimum Gasteiger partial charge on any atom is -0.486 e. The zero-order valence-electron chi connectivity index (χ0n) is 12.7. The van der Waals surface area contributed by atoms with Crippen LogP contribution in [0.1, 0.15) is 10.4 Å². The molecule has 120 valence electrons. The van der Waals surface area contributed by atoms with E-state index in [1.165, 1.54) is 0 Å². The van der Waals surface area contributed by atoms with Gasteiger partial charge in [-0.2, -0.15) is 0 Å². The van der Waals surface area contributed by atoms with Crippen LogP contribution in [0.2, 0.25) is 0 Å². The van der Waals surface area contributed by atoms with E-state index < -0.39 is 0 Å². The Morgan fingerprint density at radius 2 is 1.67 bits per heavy atom. The maximum atomic E-state index is 12.7. The summed E-state index contributed by atoms with van der Waals surface area (Å²) in [7, 11) is 0. The molecule has 0 radical (unpaired) electrons. The van der Waals surface area contributed by atoms with Gasteiger partial charge in [0.1, 0.15) is 13.2 Å². The molecule has 0 atom stereocenters.